The van der Waals surface area contributed by atoms with Gasteiger partial charge in [-0.3, -0.25) is 4.79 Å². The molecule has 0 saturated carbocycles. The van der Waals surface area contributed by atoms with Crippen LogP contribution in [-0.2, 0) is 28.9 Å². The van der Waals surface area contributed by atoms with Gasteiger partial charge in [0.1, 0.15) is 18.4 Å². The maximum absolute atomic E-state index is 12.5. The first kappa shape index (κ1) is 26.8. The number of benzene rings is 2. The standard InChI is InChI=1S/C14H17NO.C11H14FNO.CH2O/c1-4-11-6-8-12(9-7-11)14-15-13(5-2)10(3)16-14;1-2-11(14)13-8-7-9-3-5-10(12)6-4-9;1-2/h6-9H,4-5H2,1-3H3;3-6H,2,7-8H2,1H3,(H,13,14);1H2. The Morgan fingerprint density at radius 3 is 2.06 bits per heavy atom. The molecule has 6 heteroatoms. The van der Waals surface area contributed by atoms with E-state index in [9.17, 15) is 9.18 Å². The number of nitrogens with one attached hydrogen (secondary N) is 1. The molecule has 2 aromatic carbocycles. The van der Waals surface area contributed by atoms with Crippen molar-refractivity contribution in [3.05, 3.63) is 76.9 Å². The highest BCUT2D eigenvalue weighted by molar-refractivity contribution is 5.75. The third-order valence-corrected chi connectivity index (χ3v) is 4.81. The Labute approximate surface area is 190 Å². The average molecular weight is 441 g/mol. The minimum atomic E-state index is -0.230. The first-order chi connectivity index (χ1) is 15.5. The summed E-state index contributed by atoms with van der Waals surface area (Å²) >= 11 is 0. The zero-order valence-corrected chi connectivity index (χ0v) is 19.4. The molecule has 1 heterocycles. The van der Waals surface area contributed by atoms with Gasteiger partial charge in [0.05, 0.1) is 5.69 Å². The van der Waals surface area contributed by atoms with Gasteiger partial charge in [-0.1, -0.05) is 45.0 Å². The van der Waals surface area contributed by atoms with Crippen molar-refractivity contribution in [3.8, 4) is 11.5 Å². The minimum absolute atomic E-state index is 0.0483. The monoisotopic (exact) mass is 440 g/mol. The molecular formula is C26H33FN2O3. The number of carbonyl (C=O) groups excluding carboxylic acids is 2. The van der Waals surface area contributed by atoms with Crippen LogP contribution in [0.4, 0.5) is 4.39 Å². The van der Waals surface area contributed by atoms with Crippen molar-refractivity contribution in [1.82, 2.24) is 10.3 Å². The van der Waals surface area contributed by atoms with Gasteiger partial charge in [-0.15, -0.1) is 0 Å². The first-order valence-corrected chi connectivity index (χ1v) is 10.8. The zero-order chi connectivity index (χ0) is 23.9. The molecular weight excluding hydrogens is 407 g/mol. The molecule has 0 spiro atoms. The van der Waals surface area contributed by atoms with Gasteiger partial charge in [-0.05, 0) is 61.6 Å². The van der Waals surface area contributed by atoms with Crippen molar-refractivity contribution in [2.45, 2.75) is 53.4 Å². The van der Waals surface area contributed by atoms with E-state index in [1.54, 1.807) is 12.1 Å². The molecule has 5 nitrogen and oxygen atoms in total. The van der Waals surface area contributed by atoms with E-state index in [0.717, 1.165) is 47.7 Å². The van der Waals surface area contributed by atoms with Gasteiger partial charge < -0.3 is 14.5 Å². The number of halogens is 1. The zero-order valence-electron chi connectivity index (χ0n) is 19.4. The average Bonchev–Trinajstić information content (AvgIpc) is 3.22. The van der Waals surface area contributed by atoms with E-state index < -0.39 is 0 Å². The fourth-order valence-corrected chi connectivity index (χ4v) is 2.88. The lowest BCUT2D eigenvalue weighted by Gasteiger charge is -2.03. The number of oxazole rings is 1. The van der Waals surface area contributed by atoms with Gasteiger partial charge >= 0.3 is 0 Å². The number of carbonyl (C=O) groups is 2. The number of aryl methyl sites for hydroxylation is 3. The Balaban J connectivity index is 0.000000300. The van der Waals surface area contributed by atoms with Gasteiger partial charge in [0.25, 0.3) is 0 Å². The predicted octanol–water partition coefficient (Wildman–Crippen LogP) is 5.48. The van der Waals surface area contributed by atoms with Crippen LogP contribution in [0.25, 0.3) is 11.5 Å². The largest absolute Gasteiger partial charge is 0.441 e. The lowest BCUT2D eigenvalue weighted by atomic mass is 10.1. The second-order valence-electron chi connectivity index (χ2n) is 7.01. The molecule has 32 heavy (non-hydrogen) atoms. The second kappa shape index (κ2) is 14.7. The Bertz CT molecular complexity index is 935. The fourth-order valence-electron chi connectivity index (χ4n) is 2.88. The van der Waals surface area contributed by atoms with Crippen LogP contribution in [0.2, 0.25) is 0 Å². The Hall–Kier alpha value is -3.28. The normalized spacial score (nSPS) is 9.78. The maximum Gasteiger partial charge on any atom is 0.226 e. The van der Waals surface area contributed by atoms with Crippen molar-refractivity contribution in [3.63, 3.8) is 0 Å². The molecule has 0 radical (unpaired) electrons. The molecule has 0 aliphatic rings. The van der Waals surface area contributed by atoms with Crippen LogP contribution in [-0.4, -0.2) is 24.2 Å². The summed E-state index contributed by atoms with van der Waals surface area (Å²) in [6, 6.07) is 14.7. The molecule has 0 aliphatic carbocycles. The summed E-state index contributed by atoms with van der Waals surface area (Å²) in [7, 11) is 0. The highest BCUT2D eigenvalue weighted by atomic mass is 19.1. The van der Waals surface area contributed by atoms with Crippen LogP contribution >= 0.6 is 0 Å². The molecule has 0 atom stereocenters. The van der Waals surface area contributed by atoms with E-state index in [-0.39, 0.29) is 11.7 Å². The quantitative estimate of drug-likeness (QED) is 0.528. The van der Waals surface area contributed by atoms with Crippen molar-refractivity contribution in [1.29, 1.82) is 0 Å². The summed E-state index contributed by atoms with van der Waals surface area (Å²) in [5, 5.41) is 2.76. The highest BCUT2D eigenvalue weighted by Gasteiger charge is 2.09. The van der Waals surface area contributed by atoms with E-state index in [1.807, 2.05) is 20.6 Å². The number of hydrogen-bond donors (Lipinski definition) is 1. The third kappa shape index (κ3) is 8.84. The lowest BCUT2D eigenvalue weighted by Crippen LogP contribution is -2.24. The molecule has 0 saturated heterocycles. The first-order valence-electron chi connectivity index (χ1n) is 10.8. The Morgan fingerprint density at radius 2 is 1.56 bits per heavy atom. The number of nitrogens with zero attached hydrogens (tertiary/aromatic N) is 1. The molecule has 3 rings (SSSR count). The molecule has 1 N–H and O–H groups in total. The van der Waals surface area contributed by atoms with Crippen LogP contribution in [0, 0.1) is 12.7 Å². The van der Waals surface area contributed by atoms with Crippen molar-refractivity contribution < 1.29 is 18.4 Å². The fraction of sp³-hybridized carbons (Fsp3) is 0.346. The molecule has 0 aliphatic heterocycles. The number of amides is 1. The summed E-state index contributed by atoms with van der Waals surface area (Å²) in [6.45, 7) is 10.6. The van der Waals surface area contributed by atoms with Crippen LogP contribution in [0.1, 0.15) is 49.8 Å². The summed E-state index contributed by atoms with van der Waals surface area (Å²) in [4.78, 5) is 23.4. The molecule has 3 aromatic rings. The number of hydrogen-bond acceptors (Lipinski definition) is 4. The number of rotatable bonds is 7. The molecule has 1 aromatic heterocycles. The highest BCUT2D eigenvalue weighted by Crippen LogP contribution is 2.22. The second-order valence-corrected chi connectivity index (χ2v) is 7.01. The van der Waals surface area contributed by atoms with E-state index in [4.69, 9.17) is 9.21 Å². The van der Waals surface area contributed by atoms with Crippen molar-refractivity contribution in [2.75, 3.05) is 6.54 Å². The molecule has 1 amide bonds. The van der Waals surface area contributed by atoms with Gasteiger partial charge in [0.15, 0.2) is 0 Å². The summed E-state index contributed by atoms with van der Waals surface area (Å²) in [5.41, 5.74) is 4.47. The van der Waals surface area contributed by atoms with E-state index in [1.165, 1.54) is 17.7 Å². The topological polar surface area (TPSA) is 72.2 Å². The molecule has 0 bridgehead atoms. The summed E-state index contributed by atoms with van der Waals surface area (Å²) in [5.74, 6) is 1.48. The Kier molecular flexibility index (Phi) is 12.3. The third-order valence-electron chi connectivity index (χ3n) is 4.81. The predicted molar refractivity (Wildman–Crippen MR) is 126 cm³/mol. The molecule has 0 fully saturated rings. The van der Waals surface area contributed by atoms with Crippen LogP contribution in [0.5, 0.6) is 0 Å². The van der Waals surface area contributed by atoms with Gasteiger partial charge in [0.2, 0.25) is 11.8 Å². The van der Waals surface area contributed by atoms with E-state index in [0.29, 0.717) is 13.0 Å². The minimum Gasteiger partial charge on any atom is -0.441 e. The molecule has 172 valence electrons. The lowest BCUT2D eigenvalue weighted by molar-refractivity contribution is -0.120. The van der Waals surface area contributed by atoms with E-state index in [2.05, 4.69) is 48.4 Å². The van der Waals surface area contributed by atoms with Gasteiger partial charge in [-0.25, -0.2) is 9.37 Å². The summed E-state index contributed by atoms with van der Waals surface area (Å²) < 4.78 is 18.2. The van der Waals surface area contributed by atoms with Crippen molar-refractivity contribution in [2.24, 2.45) is 0 Å². The van der Waals surface area contributed by atoms with Crippen LogP contribution in [0.3, 0.4) is 0 Å². The number of aromatic nitrogens is 1. The van der Waals surface area contributed by atoms with Crippen LogP contribution in [0.15, 0.2) is 52.9 Å². The summed E-state index contributed by atoms with van der Waals surface area (Å²) in [6.07, 6.45) is 3.23. The smallest absolute Gasteiger partial charge is 0.226 e. The van der Waals surface area contributed by atoms with E-state index >= 15 is 0 Å². The van der Waals surface area contributed by atoms with Crippen molar-refractivity contribution >= 4 is 12.7 Å². The SMILES string of the molecule is C=O.CCC(=O)NCCc1ccc(F)cc1.CCc1ccc(-c2nc(CC)c(C)o2)cc1. The maximum atomic E-state index is 12.5. The van der Waals surface area contributed by atoms with Gasteiger partial charge in [0, 0.05) is 18.5 Å². The Morgan fingerprint density at radius 1 is 0.969 bits per heavy atom. The molecule has 0 unspecified atom stereocenters. The van der Waals surface area contributed by atoms with Gasteiger partial charge in [-0.2, -0.15) is 0 Å². The van der Waals surface area contributed by atoms with Crippen LogP contribution < -0.4 is 5.32 Å².